The maximum absolute atomic E-state index is 12.8. The van der Waals surface area contributed by atoms with Gasteiger partial charge in [0.1, 0.15) is 0 Å². The van der Waals surface area contributed by atoms with E-state index in [1.165, 1.54) is 36.1 Å². The van der Waals surface area contributed by atoms with Crippen LogP contribution in [0.3, 0.4) is 0 Å². The zero-order valence-electron chi connectivity index (χ0n) is 10.1. The third-order valence-electron chi connectivity index (χ3n) is 2.69. The first-order valence-electron chi connectivity index (χ1n) is 5.56. The summed E-state index contributed by atoms with van der Waals surface area (Å²) in [7, 11) is 0. The average Bonchev–Trinajstić information content (AvgIpc) is 2.77. The lowest BCUT2D eigenvalue weighted by molar-refractivity contribution is -0.138. The molecule has 0 aliphatic rings. The number of carbonyl (C=O) groups excluding carboxylic acids is 1. The molecule has 0 aliphatic heterocycles. The molecule has 0 atom stereocenters. The van der Waals surface area contributed by atoms with Gasteiger partial charge in [-0.05, 0) is 18.6 Å². The highest BCUT2D eigenvalue weighted by molar-refractivity contribution is 5.93. The number of halogens is 3. The molecule has 6 heteroatoms. The number of hydrogen-bond acceptors (Lipinski definition) is 2. The molecule has 0 N–H and O–H groups in total. The van der Waals surface area contributed by atoms with Gasteiger partial charge in [-0.2, -0.15) is 18.3 Å². The molecule has 0 fully saturated rings. The summed E-state index contributed by atoms with van der Waals surface area (Å²) in [6.45, 7) is 1.36. The van der Waals surface area contributed by atoms with Crippen molar-refractivity contribution in [2.75, 3.05) is 0 Å². The van der Waals surface area contributed by atoms with Crippen molar-refractivity contribution in [2.45, 2.75) is 19.6 Å². The van der Waals surface area contributed by atoms with Crippen molar-refractivity contribution in [1.82, 2.24) is 9.78 Å². The van der Waals surface area contributed by atoms with Crippen LogP contribution >= 0.6 is 0 Å². The van der Waals surface area contributed by atoms with Gasteiger partial charge >= 0.3 is 6.18 Å². The number of benzene rings is 1. The van der Waals surface area contributed by atoms with Gasteiger partial charge in [-0.1, -0.05) is 18.2 Å². The second-order valence-corrected chi connectivity index (χ2v) is 4.14. The van der Waals surface area contributed by atoms with Crippen LogP contribution in [0.2, 0.25) is 0 Å². The summed E-state index contributed by atoms with van der Waals surface area (Å²) in [6.07, 6.45) is -1.61. The highest BCUT2D eigenvalue weighted by atomic mass is 19.4. The van der Waals surface area contributed by atoms with Gasteiger partial charge in [-0.3, -0.25) is 9.48 Å². The first-order chi connectivity index (χ1) is 8.88. The summed E-state index contributed by atoms with van der Waals surface area (Å²) in [5, 5.41) is 3.88. The monoisotopic (exact) mass is 268 g/mol. The summed E-state index contributed by atoms with van der Waals surface area (Å²) < 4.78 is 39.7. The van der Waals surface area contributed by atoms with Gasteiger partial charge in [-0.25, -0.2) is 0 Å². The Balaban J connectivity index is 2.30. The van der Waals surface area contributed by atoms with E-state index in [-0.39, 0.29) is 17.9 Å². The minimum atomic E-state index is -4.40. The molecule has 0 aliphatic carbocycles. The molecular formula is C13H11F3N2O. The Morgan fingerprint density at radius 3 is 2.58 bits per heavy atom. The van der Waals surface area contributed by atoms with Crippen LogP contribution in [-0.2, 0) is 12.7 Å². The number of rotatable bonds is 3. The second-order valence-electron chi connectivity index (χ2n) is 4.14. The molecule has 0 saturated carbocycles. The lowest BCUT2D eigenvalue weighted by Gasteiger charge is -2.12. The number of hydrogen-bond donors (Lipinski definition) is 0. The van der Waals surface area contributed by atoms with Gasteiger partial charge < -0.3 is 0 Å². The maximum atomic E-state index is 12.8. The van der Waals surface area contributed by atoms with Crippen LogP contribution in [0.5, 0.6) is 0 Å². The smallest absolute Gasteiger partial charge is 0.294 e. The standard InChI is InChI=1S/C13H11F3N2O/c1-9(19)11-6-17-18(8-11)7-10-4-2-3-5-12(10)13(14,15)16/h2-6,8H,7H2,1H3. The third kappa shape index (κ3) is 3.01. The summed E-state index contributed by atoms with van der Waals surface area (Å²) in [4.78, 5) is 11.1. The quantitative estimate of drug-likeness (QED) is 0.801. The Morgan fingerprint density at radius 2 is 2.00 bits per heavy atom. The number of ketones is 1. The van der Waals surface area contributed by atoms with Crippen molar-refractivity contribution < 1.29 is 18.0 Å². The highest BCUT2D eigenvalue weighted by Gasteiger charge is 2.32. The molecule has 100 valence electrons. The van der Waals surface area contributed by atoms with Crippen LogP contribution in [0.25, 0.3) is 0 Å². The van der Waals surface area contributed by atoms with E-state index >= 15 is 0 Å². The molecule has 2 rings (SSSR count). The molecule has 1 aromatic heterocycles. The van der Waals surface area contributed by atoms with Crippen LogP contribution in [0.4, 0.5) is 13.2 Å². The van der Waals surface area contributed by atoms with E-state index in [0.717, 1.165) is 6.07 Å². The van der Waals surface area contributed by atoms with Crippen LogP contribution in [0, 0.1) is 0 Å². The van der Waals surface area contributed by atoms with E-state index in [2.05, 4.69) is 5.10 Å². The lowest BCUT2D eigenvalue weighted by atomic mass is 10.1. The van der Waals surface area contributed by atoms with Gasteiger partial charge in [0, 0.05) is 6.20 Å². The molecule has 19 heavy (non-hydrogen) atoms. The third-order valence-corrected chi connectivity index (χ3v) is 2.69. The van der Waals surface area contributed by atoms with E-state index in [1.54, 1.807) is 6.07 Å². The van der Waals surface area contributed by atoms with Crippen LogP contribution in [-0.4, -0.2) is 15.6 Å². The fourth-order valence-corrected chi connectivity index (χ4v) is 1.74. The lowest BCUT2D eigenvalue weighted by Crippen LogP contribution is -2.11. The number of Topliss-reactive ketones (excluding diaryl/α,β-unsaturated/α-hetero) is 1. The van der Waals surface area contributed by atoms with Crippen molar-refractivity contribution in [2.24, 2.45) is 0 Å². The topological polar surface area (TPSA) is 34.9 Å². The predicted octanol–water partition coefficient (Wildman–Crippen LogP) is 3.15. The van der Waals surface area contributed by atoms with Crippen molar-refractivity contribution in [3.63, 3.8) is 0 Å². The Kier molecular flexibility index (Phi) is 3.42. The molecule has 0 saturated heterocycles. The molecule has 0 bridgehead atoms. The Hall–Kier alpha value is -2.11. The summed E-state index contributed by atoms with van der Waals surface area (Å²) >= 11 is 0. The molecule has 0 unspecified atom stereocenters. The summed E-state index contributed by atoms with van der Waals surface area (Å²) in [5.74, 6) is -0.171. The van der Waals surface area contributed by atoms with Crippen LogP contribution in [0.15, 0.2) is 36.7 Å². The number of carbonyl (C=O) groups is 1. The van der Waals surface area contributed by atoms with Crippen molar-refractivity contribution in [3.8, 4) is 0 Å². The normalized spacial score (nSPS) is 11.6. The predicted molar refractivity (Wildman–Crippen MR) is 62.8 cm³/mol. The number of alkyl halides is 3. The summed E-state index contributed by atoms with van der Waals surface area (Å²) in [5.41, 5.74) is -0.187. The molecule has 2 aromatic rings. The minimum Gasteiger partial charge on any atom is -0.294 e. The van der Waals surface area contributed by atoms with Crippen molar-refractivity contribution in [3.05, 3.63) is 53.3 Å². The zero-order chi connectivity index (χ0) is 14.0. The molecule has 0 radical (unpaired) electrons. The molecule has 0 spiro atoms. The van der Waals surface area contributed by atoms with Gasteiger partial charge in [0.15, 0.2) is 5.78 Å². The molecule has 1 heterocycles. The van der Waals surface area contributed by atoms with E-state index in [9.17, 15) is 18.0 Å². The first-order valence-corrected chi connectivity index (χ1v) is 5.56. The largest absolute Gasteiger partial charge is 0.416 e. The molecule has 0 amide bonds. The summed E-state index contributed by atoms with van der Waals surface area (Å²) in [6, 6.07) is 5.32. The Bertz CT molecular complexity index is 602. The Labute approximate surface area is 107 Å². The second kappa shape index (κ2) is 4.87. The molecular weight excluding hydrogens is 257 g/mol. The zero-order valence-corrected chi connectivity index (χ0v) is 10.1. The van der Waals surface area contributed by atoms with Gasteiger partial charge in [0.2, 0.25) is 0 Å². The van der Waals surface area contributed by atoms with E-state index in [1.807, 2.05) is 0 Å². The Morgan fingerprint density at radius 1 is 1.32 bits per heavy atom. The van der Waals surface area contributed by atoms with E-state index in [0.29, 0.717) is 5.56 Å². The van der Waals surface area contributed by atoms with E-state index in [4.69, 9.17) is 0 Å². The molecule has 1 aromatic carbocycles. The van der Waals surface area contributed by atoms with Crippen molar-refractivity contribution in [1.29, 1.82) is 0 Å². The fourth-order valence-electron chi connectivity index (χ4n) is 1.74. The SMILES string of the molecule is CC(=O)c1cnn(Cc2ccccc2C(F)(F)F)c1. The molecule has 3 nitrogen and oxygen atoms in total. The first kappa shape index (κ1) is 13.3. The number of aromatic nitrogens is 2. The number of nitrogens with zero attached hydrogens (tertiary/aromatic N) is 2. The van der Waals surface area contributed by atoms with Gasteiger partial charge in [-0.15, -0.1) is 0 Å². The van der Waals surface area contributed by atoms with Crippen LogP contribution in [0.1, 0.15) is 28.4 Å². The maximum Gasteiger partial charge on any atom is 0.416 e. The minimum absolute atomic E-state index is 0.0248. The van der Waals surface area contributed by atoms with Crippen LogP contribution < -0.4 is 0 Å². The van der Waals surface area contributed by atoms with Crippen molar-refractivity contribution >= 4 is 5.78 Å². The average molecular weight is 268 g/mol. The van der Waals surface area contributed by atoms with E-state index < -0.39 is 11.7 Å². The fraction of sp³-hybridized carbons (Fsp3) is 0.231. The highest BCUT2D eigenvalue weighted by Crippen LogP contribution is 2.32. The van der Waals surface area contributed by atoms with Gasteiger partial charge in [0.05, 0.1) is 23.9 Å². The van der Waals surface area contributed by atoms with Gasteiger partial charge in [0.25, 0.3) is 0 Å².